The van der Waals surface area contributed by atoms with Gasteiger partial charge in [-0.05, 0) is 12.5 Å². The van der Waals surface area contributed by atoms with Crippen LogP contribution >= 0.6 is 0 Å². The molecule has 2 aromatic rings. The van der Waals surface area contributed by atoms with E-state index in [0.717, 1.165) is 5.56 Å². The Bertz CT molecular complexity index is 572. The molecular weight excluding hydrogens is 232 g/mol. The minimum absolute atomic E-state index is 0.191. The first-order valence-electron chi connectivity index (χ1n) is 5.62. The fourth-order valence-corrected chi connectivity index (χ4v) is 1.64. The van der Waals surface area contributed by atoms with Crippen molar-refractivity contribution >= 4 is 0 Å². The maximum absolute atomic E-state index is 11.7. The van der Waals surface area contributed by atoms with Crippen molar-refractivity contribution in [3.8, 4) is 5.75 Å². The number of rotatable bonds is 4. The van der Waals surface area contributed by atoms with Gasteiger partial charge in [0.2, 0.25) is 11.2 Å². The van der Waals surface area contributed by atoms with Crippen molar-refractivity contribution in [3.63, 3.8) is 0 Å². The van der Waals surface area contributed by atoms with Gasteiger partial charge in [-0.3, -0.25) is 4.79 Å². The van der Waals surface area contributed by atoms with Crippen LogP contribution in [0.3, 0.4) is 0 Å². The van der Waals surface area contributed by atoms with E-state index in [1.807, 2.05) is 30.3 Å². The predicted octanol–water partition coefficient (Wildman–Crippen LogP) is 2.02. The van der Waals surface area contributed by atoms with Crippen LogP contribution in [0.25, 0.3) is 0 Å². The van der Waals surface area contributed by atoms with E-state index in [2.05, 4.69) is 0 Å². The minimum atomic E-state index is -0.297. The standard InChI is InChI=1S/C14H14O4/c1-10-14(13(16)7-12(8-15)18-10)17-9-11-5-3-2-4-6-11/h2-7,15H,8-9H2,1H3. The second kappa shape index (κ2) is 5.51. The van der Waals surface area contributed by atoms with E-state index in [1.54, 1.807) is 6.92 Å². The number of hydrogen-bond donors (Lipinski definition) is 1. The lowest BCUT2D eigenvalue weighted by Crippen LogP contribution is -2.10. The third kappa shape index (κ3) is 2.78. The number of aliphatic hydroxyl groups is 1. The second-order valence-electron chi connectivity index (χ2n) is 3.89. The van der Waals surface area contributed by atoms with Crippen LogP contribution in [-0.4, -0.2) is 5.11 Å². The van der Waals surface area contributed by atoms with Crippen LogP contribution in [0.4, 0.5) is 0 Å². The molecule has 0 saturated heterocycles. The Labute approximate surface area is 104 Å². The van der Waals surface area contributed by atoms with Crippen LogP contribution in [0.15, 0.2) is 45.6 Å². The molecule has 1 aromatic carbocycles. The molecule has 4 heteroatoms. The molecule has 0 atom stereocenters. The zero-order chi connectivity index (χ0) is 13.0. The summed E-state index contributed by atoms with van der Waals surface area (Å²) < 4.78 is 10.7. The largest absolute Gasteiger partial charge is 0.482 e. The fraction of sp³-hybridized carbons (Fsp3) is 0.214. The van der Waals surface area contributed by atoms with Crippen molar-refractivity contribution in [3.05, 3.63) is 63.7 Å². The van der Waals surface area contributed by atoms with Crippen molar-refractivity contribution in [1.82, 2.24) is 0 Å². The molecule has 0 amide bonds. The summed E-state index contributed by atoms with van der Waals surface area (Å²) in [7, 11) is 0. The van der Waals surface area contributed by atoms with Crippen LogP contribution in [0.2, 0.25) is 0 Å². The fourth-order valence-electron chi connectivity index (χ4n) is 1.64. The van der Waals surface area contributed by atoms with Crippen LogP contribution in [0.5, 0.6) is 5.75 Å². The molecular formula is C14H14O4. The molecule has 0 spiro atoms. The molecule has 2 rings (SSSR count). The van der Waals surface area contributed by atoms with Crippen LogP contribution in [0, 0.1) is 6.92 Å². The second-order valence-corrected chi connectivity index (χ2v) is 3.89. The first kappa shape index (κ1) is 12.4. The Hall–Kier alpha value is -2.07. The minimum Gasteiger partial charge on any atom is -0.482 e. The molecule has 4 nitrogen and oxygen atoms in total. The molecule has 94 valence electrons. The van der Waals surface area contributed by atoms with E-state index >= 15 is 0 Å². The summed E-state index contributed by atoms with van der Waals surface area (Å²) in [6.07, 6.45) is 0. The highest BCUT2D eigenvalue weighted by Gasteiger charge is 2.09. The lowest BCUT2D eigenvalue weighted by Gasteiger charge is -2.08. The van der Waals surface area contributed by atoms with Gasteiger partial charge in [-0.2, -0.15) is 0 Å². The van der Waals surface area contributed by atoms with E-state index in [-0.39, 0.29) is 23.5 Å². The van der Waals surface area contributed by atoms with Gasteiger partial charge in [0, 0.05) is 6.07 Å². The van der Waals surface area contributed by atoms with Gasteiger partial charge in [-0.25, -0.2) is 0 Å². The summed E-state index contributed by atoms with van der Waals surface area (Å²) in [5, 5.41) is 8.91. The monoisotopic (exact) mass is 246 g/mol. The number of aryl methyl sites for hydroxylation is 1. The Balaban J connectivity index is 2.17. The molecule has 0 bridgehead atoms. The maximum Gasteiger partial charge on any atom is 0.227 e. The molecule has 1 heterocycles. The van der Waals surface area contributed by atoms with Crippen molar-refractivity contribution in [2.24, 2.45) is 0 Å². The molecule has 1 aromatic heterocycles. The summed E-state index contributed by atoms with van der Waals surface area (Å²) in [6.45, 7) is 1.65. The van der Waals surface area contributed by atoms with E-state index in [4.69, 9.17) is 14.3 Å². The molecule has 1 N–H and O–H groups in total. The van der Waals surface area contributed by atoms with Gasteiger partial charge in [0.1, 0.15) is 24.7 Å². The molecule has 0 aliphatic heterocycles. The van der Waals surface area contributed by atoms with Crippen molar-refractivity contribution in [1.29, 1.82) is 0 Å². The number of aliphatic hydroxyl groups excluding tert-OH is 1. The lowest BCUT2D eigenvalue weighted by molar-refractivity contribution is 0.231. The normalized spacial score (nSPS) is 10.3. The quantitative estimate of drug-likeness (QED) is 0.896. The predicted molar refractivity (Wildman–Crippen MR) is 66.4 cm³/mol. The van der Waals surface area contributed by atoms with E-state index < -0.39 is 0 Å². The van der Waals surface area contributed by atoms with Crippen molar-refractivity contribution < 1.29 is 14.3 Å². The van der Waals surface area contributed by atoms with Gasteiger partial charge in [0.25, 0.3) is 0 Å². The average Bonchev–Trinajstić information content (AvgIpc) is 2.38. The van der Waals surface area contributed by atoms with Crippen molar-refractivity contribution in [2.75, 3.05) is 0 Å². The Morgan fingerprint density at radius 3 is 2.61 bits per heavy atom. The third-order valence-corrected chi connectivity index (χ3v) is 2.50. The van der Waals surface area contributed by atoms with Crippen LogP contribution in [-0.2, 0) is 13.2 Å². The van der Waals surface area contributed by atoms with E-state index in [0.29, 0.717) is 12.4 Å². The van der Waals surface area contributed by atoms with Crippen LogP contribution < -0.4 is 10.2 Å². The summed E-state index contributed by atoms with van der Waals surface area (Å²) in [5.41, 5.74) is 0.696. The molecule has 0 aliphatic carbocycles. The summed E-state index contributed by atoms with van der Waals surface area (Å²) in [4.78, 5) is 11.7. The maximum atomic E-state index is 11.7. The highest BCUT2D eigenvalue weighted by molar-refractivity contribution is 5.26. The first-order valence-corrected chi connectivity index (χ1v) is 5.62. The smallest absolute Gasteiger partial charge is 0.227 e. The molecule has 0 fully saturated rings. The highest BCUT2D eigenvalue weighted by atomic mass is 16.5. The van der Waals surface area contributed by atoms with Gasteiger partial charge in [0.15, 0.2) is 0 Å². The third-order valence-electron chi connectivity index (χ3n) is 2.50. The number of benzene rings is 1. The average molecular weight is 246 g/mol. The van der Waals surface area contributed by atoms with E-state index in [1.165, 1.54) is 6.07 Å². The van der Waals surface area contributed by atoms with Gasteiger partial charge < -0.3 is 14.3 Å². The molecule has 0 radical (unpaired) electrons. The van der Waals surface area contributed by atoms with Gasteiger partial charge in [0.05, 0.1) is 0 Å². The number of ether oxygens (including phenoxy) is 1. The van der Waals surface area contributed by atoms with Gasteiger partial charge in [-0.15, -0.1) is 0 Å². The summed E-state index contributed by atoms with van der Waals surface area (Å²) >= 11 is 0. The zero-order valence-corrected chi connectivity index (χ0v) is 10.1. The summed E-state index contributed by atoms with van der Waals surface area (Å²) in [5.74, 6) is 0.808. The topological polar surface area (TPSA) is 59.7 Å². The molecule has 0 unspecified atom stereocenters. The van der Waals surface area contributed by atoms with Crippen LogP contribution in [0.1, 0.15) is 17.1 Å². The highest BCUT2D eigenvalue weighted by Crippen LogP contribution is 2.15. The SMILES string of the molecule is Cc1oc(CO)cc(=O)c1OCc1ccccc1. The van der Waals surface area contributed by atoms with Crippen molar-refractivity contribution in [2.45, 2.75) is 20.1 Å². The zero-order valence-electron chi connectivity index (χ0n) is 10.1. The lowest BCUT2D eigenvalue weighted by atomic mass is 10.2. The molecule has 0 aliphatic rings. The van der Waals surface area contributed by atoms with E-state index in [9.17, 15) is 4.79 Å². The Morgan fingerprint density at radius 1 is 1.28 bits per heavy atom. The molecule has 18 heavy (non-hydrogen) atoms. The van der Waals surface area contributed by atoms with Gasteiger partial charge in [-0.1, -0.05) is 30.3 Å². The first-order chi connectivity index (χ1) is 8.70. The number of hydrogen-bond acceptors (Lipinski definition) is 4. The Kier molecular flexibility index (Phi) is 3.79. The Morgan fingerprint density at radius 2 is 2.00 bits per heavy atom. The van der Waals surface area contributed by atoms with Gasteiger partial charge >= 0.3 is 0 Å². The molecule has 0 saturated carbocycles. The summed E-state index contributed by atoms with van der Waals surface area (Å²) in [6, 6.07) is 10.8.